The molecule has 0 bridgehead atoms. The van der Waals surface area contributed by atoms with Crippen LogP contribution in [0.4, 0.5) is 11.9 Å². The number of aromatic nitrogens is 3. The van der Waals surface area contributed by atoms with Gasteiger partial charge in [0, 0.05) is 30.2 Å². The number of hydrogen-bond donors (Lipinski definition) is 3. The molecule has 2 aromatic carbocycles. The smallest absolute Gasteiger partial charge is 0.228 e. The van der Waals surface area contributed by atoms with Gasteiger partial charge < -0.3 is 30.6 Å². The second kappa shape index (κ2) is 13.5. The summed E-state index contributed by atoms with van der Waals surface area (Å²) in [6, 6.07) is 15.2. The van der Waals surface area contributed by atoms with Gasteiger partial charge in [-0.3, -0.25) is 0 Å². The lowest BCUT2D eigenvalue weighted by atomic mass is 10.2. The van der Waals surface area contributed by atoms with Crippen LogP contribution in [0.5, 0.6) is 5.75 Å². The van der Waals surface area contributed by atoms with Gasteiger partial charge in [0.15, 0.2) is 5.82 Å². The summed E-state index contributed by atoms with van der Waals surface area (Å²) in [5.74, 6) is 2.23. The molecule has 4 N–H and O–H groups in total. The second-order valence-corrected chi connectivity index (χ2v) is 7.39. The number of nitrogens with two attached hydrogens (primary N) is 1. The van der Waals surface area contributed by atoms with E-state index in [9.17, 15) is 0 Å². The molecule has 0 saturated heterocycles. The van der Waals surface area contributed by atoms with Gasteiger partial charge in [0.05, 0.1) is 33.5 Å². The third kappa shape index (κ3) is 8.47. The van der Waals surface area contributed by atoms with Crippen LogP contribution in [-0.4, -0.2) is 61.6 Å². The minimum absolute atomic E-state index is 0.450. The summed E-state index contributed by atoms with van der Waals surface area (Å²) in [7, 11) is 1.64. The van der Waals surface area contributed by atoms with E-state index in [-0.39, 0.29) is 0 Å². The molecule has 9 nitrogen and oxygen atoms in total. The van der Waals surface area contributed by atoms with Crippen molar-refractivity contribution >= 4 is 23.5 Å². The van der Waals surface area contributed by atoms with Crippen LogP contribution in [0, 0.1) is 0 Å². The SMILES string of the molecule is COc1cccc(CNc2nc(NCCOCCOCCN)nc(-c3ccc(Cl)cc3)n2)c1. The molecule has 0 unspecified atom stereocenters. The van der Waals surface area contributed by atoms with Crippen LogP contribution < -0.4 is 21.1 Å². The lowest BCUT2D eigenvalue weighted by Crippen LogP contribution is -2.16. The fourth-order valence-corrected chi connectivity index (χ4v) is 2.99. The predicted octanol–water partition coefficient (Wildman–Crippen LogP) is 3.22. The Bertz CT molecular complexity index is 990. The number of methoxy groups -OCH3 is 1. The first-order valence-electron chi connectivity index (χ1n) is 10.7. The molecule has 0 fully saturated rings. The van der Waals surface area contributed by atoms with Crippen LogP contribution in [0.2, 0.25) is 5.02 Å². The van der Waals surface area contributed by atoms with Crippen LogP contribution >= 0.6 is 11.6 Å². The fraction of sp³-hybridized carbons (Fsp3) is 0.348. The first-order valence-corrected chi connectivity index (χ1v) is 11.0. The molecule has 0 atom stereocenters. The summed E-state index contributed by atoms with van der Waals surface area (Å²) < 4.78 is 16.1. The Labute approximate surface area is 198 Å². The van der Waals surface area contributed by atoms with E-state index in [1.165, 1.54) is 0 Å². The van der Waals surface area contributed by atoms with E-state index < -0.39 is 0 Å². The Morgan fingerprint density at radius 2 is 1.61 bits per heavy atom. The van der Waals surface area contributed by atoms with Crippen LogP contribution in [0.3, 0.4) is 0 Å². The molecule has 0 aliphatic rings. The van der Waals surface area contributed by atoms with E-state index in [2.05, 4.69) is 25.6 Å². The fourth-order valence-electron chi connectivity index (χ4n) is 2.87. The van der Waals surface area contributed by atoms with Crippen molar-refractivity contribution in [3.05, 3.63) is 59.1 Å². The van der Waals surface area contributed by atoms with Crippen molar-refractivity contribution in [1.82, 2.24) is 15.0 Å². The number of halogens is 1. The average molecular weight is 473 g/mol. The molecule has 0 amide bonds. The topological polar surface area (TPSA) is 116 Å². The van der Waals surface area contributed by atoms with Crippen LogP contribution in [-0.2, 0) is 16.0 Å². The standard InChI is InChI=1S/C23H29ClN6O3/c1-31-20-4-2-3-17(15-20)16-27-23-29-21(18-5-7-19(24)8-6-18)28-22(30-23)26-10-12-33-14-13-32-11-9-25/h2-8,15H,9-14,16,25H2,1H3,(H2,26,27,28,29,30). The van der Waals surface area contributed by atoms with Crippen molar-refractivity contribution in [3.63, 3.8) is 0 Å². The third-order valence-corrected chi connectivity index (χ3v) is 4.74. The number of ether oxygens (including phenoxy) is 3. The Morgan fingerprint density at radius 1 is 0.879 bits per heavy atom. The van der Waals surface area contributed by atoms with Crippen molar-refractivity contribution in [2.24, 2.45) is 5.73 Å². The highest BCUT2D eigenvalue weighted by molar-refractivity contribution is 6.30. The van der Waals surface area contributed by atoms with Gasteiger partial charge in [0.25, 0.3) is 0 Å². The molecular formula is C23H29ClN6O3. The van der Waals surface area contributed by atoms with E-state index in [0.717, 1.165) is 16.9 Å². The highest BCUT2D eigenvalue weighted by Gasteiger charge is 2.09. The molecule has 10 heteroatoms. The maximum atomic E-state index is 6.03. The number of rotatable bonds is 14. The van der Waals surface area contributed by atoms with Crippen LogP contribution in [0.25, 0.3) is 11.4 Å². The van der Waals surface area contributed by atoms with Crippen molar-refractivity contribution in [2.75, 3.05) is 57.3 Å². The number of nitrogens with one attached hydrogen (secondary N) is 2. The van der Waals surface area contributed by atoms with E-state index in [0.29, 0.717) is 68.8 Å². The first kappa shape index (κ1) is 24.7. The van der Waals surface area contributed by atoms with Gasteiger partial charge in [-0.2, -0.15) is 15.0 Å². The van der Waals surface area contributed by atoms with Gasteiger partial charge in [-0.15, -0.1) is 0 Å². The van der Waals surface area contributed by atoms with Gasteiger partial charge in [0.1, 0.15) is 5.75 Å². The number of nitrogens with zero attached hydrogens (tertiary/aromatic N) is 3. The quantitative estimate of drug-likeness (QED) is 0.304. The first-order chi connectivity index (χ1) is 16.2. The minimum atomic E-state index is 0.450. The summed E-state index contributed by atoms with van der Waals surface area (Å²) in [4.78, 5) is 13.6. The molecule has 176 valence electrons. The lowest BCUT2D eigenvalue weighted by Gasteiger charge is -2.11. The molecule has 0 aliphatic heterocycles. The third-order valence-electron chi connectivity index (χ3n) is 4.49. The summed E-state index contributed by atoms with van der Waals surface area (Å²) in [6.45, 7) is 3.62. The molecule has 1 heterocycles. The molecule has 3 rings (SSSR count). The van der Waals surface area contributed by atoms with E-state index in [1.54, 1.807) is 19.2 Å². The van der Waals surface area contributed by atoms with E-state index in [4.69, 9.17) is 31.5 Å². The maximum Gasteiger partial charge on any atom is 0.228 e. The molecular weight excluding hydrogens is 444 g/mol. The number of benzene rings is 2. The summed E-state index contributed by atoms with van der Waals surface area (Å²) in [5.41, 5.74) is 7.26. The van der Waals surface area contributed by atoms with Gasteiger partial charge in [-0.1, -0.05) is 23.7 Å². The van der Waals surface area contributed by atoms with Crippen molar-refractivity contribution < 1.29 is 14.2 Å². The summed E-state index contributed by atoms with van der Waals surface area (Å²) in [5, 5.41) is 7.10. The van der Waals surface area contributed by atoms with Gasteiger partial charge in [-0.05, 0) is 42.0 Å². The number of hydrogen-bond acceptors (Lipinski definition) is 9. The monoisotopic (exact) mass is 472 g/mol. The zero-order valence-electron chi connectivity index (χ0n) is 18.6. The predicted molar refractivity (Wildman–Crippen MR) is 130 cm³/mol. The number of anilines is 2. The largest absolute Gasteiger partial charge is 0.497 e. The normalized spacial score (nSPS) is 10.8. The van der Waals surface area contributed by atoms with Gasteiger partial charge in [-0.25, -0.2) is 0 Å². The Kier molecular flexibility index (Phi) is 10.1. The van der Waals surface area contributed by atoms with Crippen molar-refractivity contribution in [1.29, 1.82) is 0 Å². The van der Waals surface area contributed by atoms with Gasteiger partial charge >= 0.3 is 0 Å². The molecule has 0 spiro atoms. The Hall–Kier alpha value is -2.98. The Balaban J connectivity index is 1.65. The molecule has 0 saturated carbocycles. The lowest BCUT2D eigenvalue weighted by molar-refractivity contribution is 0.0547. The van der Waals surface area contributed by atoms with E-state index >= 15 is 0 Å². The molecule has 1 aromatic heterocycles. The zero-order chi connectivity index (χ0) is 23.3. The maximum absolute atomic E-state index is 6.03. The highest BCUT2D eigenvalue weighted by Crippen LogP contribution is 2.21. The molecule has 3 aromatic rings. The van der Waals surface area contributed by atoms with Crippen LogP contribution in [0.15, 0.2) is 48.5 Å². The van der Waals surface area contributed by atoms with Crippen LogP contribution in [0.1, 0.15) is 5.56 Å². The Morgan fingerprint density at radius 3 is 2.33 bits per heavy atom. The van der Waals surface area contributed by atoms with Crippen molar-refractivity contribution in [2.45, 2.75) is 6.54 Å². The minimum Gasteiger partial charge on any atom is -0.497 e. The average Bonchev–Trinajstić information content (AvgIpc) is 2.85. The highest BCUT2D eigenvalue weighted by atomic mass is 35.5. The molecule has 0 aliphatic carbocycles. The van der Waals surface area contributed by atoms with Crippen molar-refractivity contribution in [3.8, 4) is 17.1 Å². The summed E-state index contributed by atoms with van der Waals surface area (Å²) in [6.07, 6.45) is 0. The second-order valence-electron chi connectivity index (χ2n) is 6.96. The molecule has 0 radical (unpaired) electrons. The summed E-state index contributed by atoms with van der Waals surface area (Å²) >= 11 is 6.03. The zero-order valence-corrected chi connectivity index (χ0v) is 19.3. The molecule has 33 heavy (non-hydrogen) atoms. The van der Waals surface area contributed by atoms with Gasteiger partial charge in [0.2, 0.25) is 11.9 Å². The van der Waals surface area contributed by atoms with E-state index in [1.807, 2.05) is 36.4 Å².